The van der Waals surface area contributed by atoms with Crippen LogP contribution in [0.4, 0.5) is 5.69 Å². The second-order valence-corrected chi connectivity index (χ2v) is 8.38. The molecule has 2 aromatic carbocycles. The van der Waals surface area contributed by atoms with Gasteiger partial charge < -0.3 is 19.9 Å². The highest BCUT2D eigenvalue weighted by Crippen LogP contribution is 2.21. The van der Waals surface area contributed by atoms with Crippen LogP contribution in [0.5, 0.6) is 0 Å². The molecule has 2 N–H and O–H groups in total. The number of carbonyl (C=O) groups is 3. The molecular formula is C22H22ClN5O4S. The summed E-state index contributed by atoms with van der Waals surface area (Å²) in [5.41, 5.74) is 1.52. The molecule has 0 saturated carbocycles. The van der Waals surface area contributed by atoms with E-state index in [9.17, 15) is 14.4 Å². The van der Waals surface area contributed by atoms with Gasteiger partial charge in [-0.05, 0) is 35.9 Å². The summed E-state index contributed by atoms with van der Waals surface area (Å²) in [6.45, 7) is 0. The van der Waals surface area contributed by atoms with Crippen molar-refractivity contribution in [2.75, 3.05) is 18.2 Å². The smallest absolute Gasteiger partial charge is 0.307 e. The SMILES string of the molecule is COC(=O)CC(NC(=O)c1cccc(NC(=O)CSc2nncn2C)c1)c1ccc(Cl)cc1. The number of methoxy groups -OCH3 is 1. The predicted octanol–water partition coefficient (Wildman–Crippen LogP) is 3.23. The third-order valence-corrected chi connectivity index (χ3v) is 5.87. The molecule has 0 spiro atoms. The van der Waals surface area contributed by atoms with Crippen LogP contribution in [-0.2, 0) is 21.4 Å². The highest BCUT2D eigenvalue weighted by Gasteiger charge is 2.20. The van der Waals surface area contributed by atoms with Gasteiger partial charge in [-0.3, -0.25) is 14.4 Å². The number of amides is 2. The van der Waals surface area contributed by atoms with E-state index in [0.717, 1.165) is 0 Å². The monoisotopic (exact) mass is 487 g/mol. The molecule has 1 unspecified atom stereocenters. The maximum Gasteiger partial charge on any atom is 0.307 e. The quantitative estimate of drug-likeness (QED) is 0.351. The van der Waals surface area contributed by atoms with Crippen molar-refractivity contribution in [1.29, 1.82) is 0 Å². The molecule has 1 aromatic heterocycles. The van der Waals surface area contributed by atoms with Gasteiger partial charge in [-0.1, -0.05) is 41.6 Å². The highest BCUT2D eigenvalue weighted by atomic mass is 35.5. The van der Waals surface area contributed by atoms with Crippen molar-refractivity contribution in [1.82, 2.24) is 20.1 Å². The van der Waals surface area contributed by atoms with Crippen LogP contribution in [0.1, 0.15) is 28.4 Å². The molecule has 0 radical (unpaired) electrons. The van der Waals surface area contributed by atoms with Gasteiger partial charge in [0.1, 0.15) is 6.33 Å². The van der Waals surface area contributed by atoms with Crippen LogP contribution in [0.2, 0.25) is 5.02 Å². The molecule has 3 aromatic rings. The first-order valence-corrected chi connectivity index (χ1v) is 11.2. The molecular weight excluding hydrogens is 466 g/mol. The normalized spacial score (nSPS) is 11.5. The first kappa shape index (κ1) is 24.3. The zero-order valence-electron chi connectivity index (χ0n) is 17.9. The molecule has 172 valence electrons. The van der Waals surface area contributed by atoms with E-state index in [1.165, 1.54) is 18.9 Å². The molecule has 0 saturated heterocycles. The van der Waals surface area contributed by atoms with Gasteiger partial charge in [0.25, 0.3) is 5.91 Å². The van der Waals surface area contributed by atoms with Crippen molar-refractivity contribution in [2.45, 2.75) is 17.6 Å². The number of ether oxygens (including phenoxy) is 1. The van der Waals surface area contributed by atoms with Gasteiger partial charge in [0.05, 0.1) is 25.3 Å². The van der Waals surface area contributed by atoms with Crippen LogP contribution in [0, 0.1) is 0 Å². The minimum atomic E-state index is -0.608. The standard InChI is InChI=1S/C22H22ClN5O4S/c1-28-13-24-27-22(28)33-12-19(29)25-17-5-3-4-15(10-17)21(31)26-18(11-20(30)32-2)14-6-8-16(23)9-7-14/h3-10,13,18H,11-12H2,1-2H3,(H,25,29)(H,26,31). The van der Waals surface area contributed by atoms with Gasteiger partial charge in [-0.2, -0.15) is 0 Å². The van der Waals surface area contributed by atoms with Gasteiger partial charge >= 0.3 is 5.97 Å². The zero-order chi connectivity index (χ0) is 23.8. The van der Waals surface area contributed by atoms with Crippen molar-refractivity contribution in [2.24, 2.45) is 7.05 Å². The summed E-state index contributed by atoms with van der Waals surface area (Å²) in [6.07, 6.45) is 1.51. The van der Waals surface area contributed by atoms with Gasteiger partial charge in [-0.25, -0.2) is 0 Å². The number of carbonyl (C=O) groups excluding carboxylic acids is 3. The summed E-state index contributed by atoms with van der Waals surface area (Å²) in [6, 6.07) is 12.8. The maximum atomic E-state index is 12.9. The fourth-order valence-corrected chi connectivity index (χ4v) is 3.72. The third-order valence-electron chi connectivity index (χ3n) is 4.59. The van der Waals surface area contributed by atoms with Crippen LogP contribution in [0.15, 0.2) is 60.0 Å². The molecule has 0 fully saturated rings. The Morgan fingerprint density at radius 1 is 1.18 bits per heavy atom. The van der Waals surface area contributed by atoms with Crippen LogP contribution in [-0.4, -0.2) is 45.4 Å². The number of thioether (sulfide) groups is 1. The number of esters is 1. The Balaban J connectivity index is 1.66. The predicted molar refractivity (Wildman–Crippen MR) is 125 cm³/mol. The summed E-state index contributed by atoms with van der Waals surface area (Å²) < 4.78 is 6.47. The first-order valence-electron chi connectivity index (χ1n) is 9.85. The lowest BCUT2D eigenvalue weighted by Gasteiger charge is -2.18. The molecule has 33 heavy (non-hydrogen) atoms. The van der Waals surface area contributed by atoms with Crippen LogP contribution < -0.4 is 10.6 Å². The van der Waals surface area contributed by atoms with Gasteiger partial charge in [0, 0.05) is 23.3 Å². The van der Waals surface area contributed by atoms with Crippen LogP contribution in [0.25, 0.3) is 0 Å². The molecule has 11 heteroatoms. The molecule has 2 amide bonds. The number of aromatic nitrogens is 3. The van der Waals surface area contributed by atoms with Crippen molar-refractivity contribution >= 4 is 46.8 Å². The Bertz CT molecular complexity index is 1140. The van der Waals surface area contributed by atoms with Crippen LogP contribution >= 0.6 is 23.4 Å². The number of halogens is 1. The summed E-state index contributed by atoms with van der Waals surface area (Å²) in [5, 5.41) is 14.5. The maximum absolute atomic E-state index is 12.9. The molecule has 0 aliphatic carbocycles. The largest absolute Gasteiger partial charge is 0.469 e. The molecule has 0 aliphatic rings. The fourth-order valence-electron chi connectivity index (χ4n) is 2.91. The van der Waals surface area contributed by atoms with Crippen molar-refractivity contribution in [3.8, 4) is 0 Å². The molecule has 9 nitrogen and oxygen atoms in total. The summed E-state index contributed by atoms with van der Waals surface area (Å²) >= 11 is 7.20. The average Bonchev–Trinajstić information content (AvgIpc) is 3.22. The highest BCUT2D eigenvalue weighted by molar-refractivity contribution is 7.99. The van der Waals surface area contributed by atoms with E-state index in [4.69, 9.17) is 16.3 Å². The van der Waals surface area contributed by atoms with Gasteiger partial charge in [0.2, 0.25) is 5.91 Å². The first-order chi connectivity index (χ1) is 15.9. The Hall–Kier alpha value is -3.37. The van der Waals surface area contributed by atoms with E-state index in [1.807, 2.05) is 0 Å². The Kier molecular flexibility index (Phi) is 8.45. The van der Waals surface area contributed by atoms with E-state index < -0.39 is 17.9 Å². The Morgan fingerprint density at radius 3 is 2.61 bits per heavy atom. The number of nitrogens with zero attached hydrogens (tertiary/aromatic N) is 3. The van der Waals surface area contributed by atoms with E-state index in [0.29, 0.717) is 27.0 Å². The average molecular weight is 488 g/mol. The molecule has 0 bridgehead atoms. The third kappa shape index (κ3) is 7.06. The minimum absolute atomic E-state index is 0.0421. The minimum Gasteiger partial charge on any atom is -0.469 e. The van der Waals surface area contributed by atoms with Crippen molar-refractivity contribution in [3.05, 3.63) is 71.0 Å². The van der Waals surface area contributed by atoms with E-state index >= 15 is 0 Å². The number of nitrogens with one attached hydrogen (secondary N) is 2. The summed E-state index contributed by atoms with van der Waals surface area (Å²) in [5.74, 6) is -0.967. The van der Waals surface area contributed by atoms with E-state index in [1.54, 1.807) is 66.5 Å². The number of benzene rings is 2. The number of anilines is 1. The van der Waals surface area contributed by atoms with Gasteiger partial charge in [-0.15, -0.1) is 10.2 Å². The zero-order valence-corrected chi connectivity index (χ0v) is 19.5. The summed E-state index contributed by atoms with van der Waals surface area (Å²) in [4.78, 5) is 37.1. The van der Waals surface area contributed by atoms with Gasteiger partial charge in [0.15, 0.2) is 5.16 Å². The van der Waals surface area contributed by atoms with E-state index in [2.05, 4.69) is 20.8 Å². The topological polar surface area (TPSA) is 115 Å². The number of rotatable bonds is 9. The second kappa shape index (κ2) is 11.5. The fraction of sp³-hybridized carbons (Fsp3) is 0.227. The van der Waals surface area contributed by atoms with E-state index in [-0.39, 0.29) is 18.1 Å². The Labute approximate surface area is 199 Å². The molecule has 1 heterocycles. The molecule has 1 atom stereocenters. The lowest BCUT2D eigenvalue weighted by molar-refractivity contribution is -0.141. The Morgan fingerprint density at radius 2 is 1.94 bits per heavy atom. The lowest BCUT2D eigenvalue weighted by atomic mass is 10.0. The number of hydrogen-bond acceptors (Lipinski definition) is 7. The summed E-state index contributed by atoms with van der Waals surface area (Å²) in [7, 11) is 3.08. The number of hydrogen-bond donors (Lipinski definition) is 2. The van der Waals surface area contributed by atoms with Crippen molar-refractivity contribution < 1.29 is 19.1 Å². The van der Waals surface area contributed by atoms with Crippen molar-refractivity contribution in [3.63, 3.8) is 0 Å². The molecule has 3 rings (SSSR count). The van der Waals surface area contributed by atoms with Crippen LogP contribution in [0.3, 0.4) is 0 Å². The second-order valence-electron chi connectivity index (χ2n) is 7.00. The molecule has 0 aliphatic heterocycles. The lowest BCUT2D eigenvalue weighted by Crippen LogP contribution is -2.30. The number of aryl methyl sites for hydroxylation is 1.